The molecular formula is C18H22N4O4S. The molecule has 0 bridgehead atoms. The number of carbonyl (C=O) groups is 1. The van der Waals surface area contributed by atoms with Gasteiger partial charge in [-0.1, -0.05) is 6.07 Å². The number of nitrogens with zero attached hydrogens (tertiary/aromatic N) is 2. The number of aromatic nitrogens is 2. The highest BCUT2D eigenvalue weighted by molar-refractivity contribution is 7.89. The van der Waals surface area contributed by atoms with Crippen molar-refractivity contribution in [3.8, 4) is 0 Å². The summed E-state index contributed by atoms with van der Waals surface area (Å²) >= 11 is 0. The summed E-state index contributed by atoms with van der Waals surface area (Å²) in [5.74, 6) is -0.387. The Hall–Kier alpha value is -2.52. The van der Waals surface area contributed by atoms with E-state index in [9.17, 15) is 18.0 Å². The van der Waals surface area contributed by atoms with E-state index < -0.39 is 10.0 Å². The number of piperidine rings is 1. The highest BCUT2D eigenvalue weighted by Crippen LogP contribution is 2.22. The monoisotopic (exact) mass is 390 g/mol. The predicted molar refractivity (Wildman–Crippen MR) is 100 cm³/mol. The molecule has 1 aromatic carbocycles. The maximum atomic E-state index is 12.8. The normalized spacial score (nSPS) is 16.2. The van der Waals surface area contributed by atoms with Gasteiger partial charge in [0.05, 0.1) is 4.90 Å². The Morgan fingerprint density at radius 3 is 2.44 bits per heavy atom. The van der Waals surface area contributed by atoms with E-state index in [-0.39, 0.29) is 23.2 Å². The van der Waals surface area contributed by atoms with Gasteiger partial charge >= 0.3 is 0 Å². The first kappa shape index (κ1) is 19.2. The van der Waals surface area contributed by atoms with Crippen molar-refractivity contribution in [3.05, 3.63) is 57.5 Å². The van der Waals surface area contributed by atoms with E-state index in [4.69, 9.17) is 0 Å². The zero-order valence-corrected chi connectivity index (χ0v) is 16.0. The minimum absolute atomic E-state index is 0.125. The lowest BCUT2D eigenvalue weighted by Gasteiger charge is -2.31. The van der Waals surface area contributed by atoms with Gasteiger partial charge < -0.3 is 5.32 Å². The summed E-state index contributed by atoms with van der Waals surface area (Å²) < 4.78 is 27.1. The number of H-pyrrole nitrogens is 1. The lowest BCUT2D eigenvalue weighted by Crippen LogP contribution is -2.46. The van der Waals surface area contributed by atoms with Crippen LogP contribution in [0.1, 0.15) is 34.5 Å². The molecule has 3 rings (SSSR count). The van der Waals surface area contributed by atoms with Gasteiger partial charge in [-0.15, -0.1) is 0 Å². The summed E-state index contributed by atoms with van der Waals surface area (Å²) in [6.45, 7) is 4.50. The molecule has 0 radical (unpaired) electrons. The molecule has 9 heteroatoms. The molecule has 1 fully saturated rings. The van der Waals surface area contributed by atoms with E-state index in [0.29, 0.717) is 30.8 Å². The summed E-state index contributed by atoms with van der Waals surface area (Å²) in [7, 11) is -3.54. The van der Waals surface area contributed by atoms with E-state index in [1.54, 1.807) is 12.1 Å². The van der Waals surface area contributed by atoms with Crippen molar-refractivity contribution in [2.45, 2.75) is 37.6 Å². The summed E-state index contributed by atoms with van der Waals surface area (Å²) in [6, 6.07) is 7.59. The number of sulfonamides is 1. The van der Waals surface area contributed by atoms with Crippen LogP contribution in [0.3, 0.4) is 0 Å². The smallest absolute Gasteiger partial charge is 0.271 e. The van der Waals surface area contributed by atoms with Gasteiger partial charge in [-0.3, -0.25) is 9.59 Å². The fourth-order valence-electron chi connectivity index (χ4n) is 2.99. The van der Waals surface area contributed by atoms with Crippen LogP contribution in [-0.2, 0) is 10.0 Å². The van der Waals surface area contributed by atoms with Crippen LogP contribution in [0.4, 0.5) is 0 Å². The maximum Gasteiger partial charge on any atom is 0.271 e. The Bertz CT molecular complexity index is 988. The zero-order valence-electron chi connectivity index (χ0n) is 15.2. The molecule has 2 N–H and O–H groups in total. The second kappa shape index (κ2) is 7.61. The highest BCUT2D eigenvalue weighted by atomic mass is 32.2. The minimum Gasteiger partial charge on any atom is -0.348 e. The largest absolute Gasteiger partial charge is 0.348 e. The second-order valence-corrected chi connectivity index (χ2v) is 8.64. The van der Waals surface area contributed by atoms with Crippen LogP contribution < -0.4 is 10.9 Å². The fourth-order valence-corrected chi connectivity index (χ4v) is 4.55. The molecule has 2 heterocycles. The Balaban J connectivity index is 1.62. The number of rotatable bonds is 4. The van der Waals surface area contributed by atoms with E-state index in [0.717, 1.165) is 11.1 Å². The first-order valence-electron chi connectivity index (χ1n) is 8.71. The van der Waals surface area contributed by atoms with Gasteiger partial charge in [0, 0.05) is 25.2 Å². The van der Waals surface area contributed by atoms with Gasteiger partial charge in [0.25, 0.3) is 11.5 Å². The van der Waals surface area contributed by atoms with E-state index in [1.165, 1.54) is 16.4 Å². The van der Waals surface area contributed by atoms with Gasteiger partial charge in [0.2, 0.25) is 10.0 Å². The van der Waals surface area contributed by atoms with Crippen LogP contribution in [0.25, 0.3) is 0 Å². The Morgan fingerprint density at radius 1 is 1.15 bits per heavy atom. The molecule has 0 aliphatic carbocycles. The van der Waals surface area contributed by atoms with Crippen molar-refractivity contribution in [2.24, 2.45) is 0 Å². The van der Waals surface area contributed by atoms with Crippen LogP contribution >= 0.6 is 0 Å². The molecule has 1 aliphatic rings. The fraction of sp³-hybridized carbons (Fsp3) is 0.389. The number of aryl methyl sites for hydroxylation is 2. The molecule has 1 aromatic heterocycles. The lowest BCUT2D eigenvalue weighted by molar-refractivity contribution is 0.0917. The van der Waals surface area contributed by atoms with Crippen molar-refractivity contribution in [3.63, 3.8) is 0 Å². The third-order valence-electron chi connectivity index (χ3n) is 4.82. The number of benzene rings is 1. The van der Waals surface area contributed by atoms with E-state index in [2.05, 4.69) is 15.5 Å². The molecular weight excluding hydrogens is 368 g/mol. The van der Waals surface area contributed by atoms with Crippen LogP contribution in [0.2, 0.25) is 0 Å². The standard InChI is InChI=1S/C18H22N4O4S/c1-12-3-4-15(11-13(12)2)27(25,26)22-9-7-14(8-10-22)19-18(24)16-5-6-17(23)21-20-16/h3-6,11,14H,7-10H2,1-2H3,(H,19,24)(H,21,23). The van der Waals surface area contributed by atoms with Crippen LogP contribution in [0, 0.1) is 13.8 Å². The molecule has 0 atom stereocenters. The summed E-state index contributed by atoms with van der Waals surface area (Å²) in [5, 5.41) is 8.75. The maximum absolute atomic E-state index is 12.8. The molecule has 8 nitrogen and oxygen atoms in total. The lowest BCUT2D eigenvalue weighted by atomic mass is 10.1. The first-order chi connectivity index (χ1) is 12.8. The number of carbonyl (C=O) groups excluding carboxylic acids is 1. The quantitative estimate of drug-likeness (QED) is 0.808. The number of hydrogen-bond acceptors (Lipinski definition) is 5. The molecule has 0 unspecified atom stereocenters. The molecule has 0 spiro atoms. The molecule has 1 saturated heterocycles. The van der Waals surface area contributed by atoms with Gasteiger partial charge in [-0.2, -0.15) is 9.40 Å². The van der Waals surface area contributed by atoms with Crippen molar-refractivity contribution in [2.75, 3.05) is 13.1 Å². The third-order valence-corrected chi connectivity index (χ3v) is 6.71. The molecule has 27 heavy (non-hydrogen) atoms. The Kier molecular flexibility index (Phi) is 5.43. The number of amides is 1. The van der Waals surface area contributed by atoms with Crippen LogP contribution in [0.15, 0.2) is 40.0 Å². The SMILES string of the molecule is Cc1ccc(S(=O)(=O)N2CCC(NC(=O)c3ccc(=O)[nH]n3)CC2)cc1C. The summed E-state index contributed by atoms with van der Waals surface area (Å²) in [4.78, 5) is 23.5. The number of nitrogens with one attached hydrogen (secondary N) is 2. The van der Waals surface area contributed by atoms with Crippen molar-refractivity contribution in [1.29, 1.82) is 0 Å². The van der Waals surface area contributed by atoms with Gasteiger partial charge in [0.1, 0.15) is 5.69 Å². The highest BCUT2D eigenvalue weighted by Gasteiger charge is 2.30. The summed E-state index contributed by atoms with van der Waals surface area (Å²) in [5.41, 5.74) is 1.73. The van der Waals surface area contributed by atoms with Crippen LogP contribution in [0.5, 0.6) is 0 Å². The van der Waals surface area contributed by atoms with Gasteiger partial charge in [-0.25, -0.2) is 13.5 Å². The first-order valence-corrected chi connectivity index (χ1v) is 10.2. The second-order valence-electron chi connectivity index (χ2n) is 6.70. The molecule has 144 valence electrons. The Morgan fingerprint density at radius 2 is 1.85 bits per heavy atom. The van der Waals surface area contributed by atoms with E-state index >= 15 is 0 Å². The molecule has 0 saturated carbocycles. The average Bonchev–Trinajstić information content (AvgIpc) is 2.65. The van der Waals surface area contributed by atoms with Crippen LogP contribution in [-0.4, -0.2) is 48.0 Å². The number of hydrogen-bond donors (Lipinski definition) is 2. The topological polar surface area (TPSA) is 112 Å². The van der Waals surface area contributed by atoms with Crippen molar-refractivity contribution < 1.29 is 13.2 Å². The average molecular weight is 390 g/mol. The minimum atomic E-state index is -3.54. The van der Waals surface area contributed by atoms with Gasteiger partial charge in [0.15, 0.2) is 0 Å². The molecule has 1 aliphatic heterocycles. The number of aromatic amines is 1. The Labute approximate surface area is 157 Å². The molecule has 2 aromatic rings. The summed E-state index contributed by atoms with van der Waals surface area (Å²) in [6.07, 6.45) is 1.03. The third kappa shape index (κ3) is 4.25. The molecule has 1 amide bonds. The predicted octanol–water partition coefficient (Wildman–Crippen LogP) is 0.970. The zero-order chi connectivity index (χ0) is 19.6. The van der Waals surface area contributed by atoms with Gasteiger partial charge in [-0.05, 0) is 56.0 Å². The van der Waals surface area contributed by atoms with Crippen molar-refractivity contribution >= 4 is 15.9 Å². The van der Waals surface area contributed by atoms with E-state index in [1.807, 2.05) is 19.9 Å². The van der Waals surface area contributed by atoms with Crippen molar-refractivity contribution in [1.82, 2.24) is 19.8 Å².